The predicted octanol–water partition coefficient (Wildman–Crippen LogP) is 1.92. The molecule has 23 heavy (non-hydrogen) atoms. The lowest BCUT2D eigenvalue weighted by molar-refractivity contribution is -0.266. The van der Waals surface area contributed by atoms with E-state index in [0.717, 1.165) is 5.56 Å². The normalized spacial score (nSPS) is 30.3. The van der Waals surface area contributed by atoms with Gasteiger partial charge in [-0.2, -0.15) is 0 Å². The van der Waals surface area contributed by atoms with E-state index in [2.05, 4.69) is 10.0 Å². The number of aliphatic hydroxyl groups excluding tert-OH is 1. The van der Waals surface area contributed by atoms with E-state index in [9.17, 15) is 9.90 Å². The van der Waals surface area contributed by atoms with E-state index < -0.39 is 36.6 Å². The lowest BCUT2D eigenvalue weighted by atomic mass is 9.97. The highest BCUT2D eigenvalue weighted by Crippen LogP contribution is 2.28. The fourth-order valence-electron chi connectivity index (χ4n) is 2.50. The van der Waals surface area contributed by atoms with Crippen LogP contribution in [0.3, 0.4) is 0 Å². The van der Waals surface area contributed by atoms with Crippen molar-refractivity contribution >= 4 is 5.97 Å². The SMILES string of the molecule is CC(=O)O[C@H]1[C@@H](OCc2ccccc2)[C@H](N=[N+]=[N-])[C@@H](C)O[C@@H]1O. The van der Waals surface area contributed by atoms with Gasteiger partial charge in [-0.25, -0.2) is 0 Å². The molecule has 0 amide bonds. The van der Waals surface area contributed by atoms with Gasteiger partial charge in [0.15, 0.2) is 12.4 Å². The zero-order valence-electron chi connectivity index (χ0n) is 12.9. The Labute approximate surface area is 133 Å². The van der Waals surface area contributed by atoms with E-state index in [4.69, 9.17) is 19.7 Å². The average Bonchev–Trinajstić information content (AvgIpc) is 2.52. The maximum Gasteiger partial charge on any atom is 0.303 e. The molecule has 1 N–H and O–H groups in total. The Bertz CT molecular complexity index is 576. The summed E-state index contributed by atoms with van der Waals surface area (Å²) in [6.07, 6.45) is -3.80. The van der Waals surface area contributed by atoms with Gasteiger partial charge in [-0.05, 0) is 18.0 Å². The number of nitrogens with zero attached hydrogens (tertiary/aromatic N) is 3. The molecule has 0 radical (unpaired) electrons. The van der Waals surface area contributed by atoms with Crippen LogP contribution in [0.2, 0.25) is 0 Å². The molecule has 2 rings (SSSR count). The smallest absolute Gasteiger partial charge is 0.303 e. The molecule has 0 spiro atoms. The van der Waals surface area contributed by atoms with Crippen molar-refractivity contribution in [3.05, 3.63) is 46.3 Å². The summed E-state index contributed by atoms with van der Waals surface area (Å²) in [5.74, 6) is -0.583. The van der Waals surface area contributed by atoms with Crippen LogP contribution in [0.25, 0.3) is 10.4 Å². The minimum atomic E-state index is -1.35. The van der Waals surface area contributed by atoms with E-state index in [1.54, 1.807) is 6.92 Å². The van der Waals surface area contributed by atoms with E-state index in [1.807, 2.05) is 30.3 Å². The van der Waals surface area contributed by atoms with Gasteiger partial charge < -0.3 is 19.3 Å². The summed E-state index contributed by atoms with van der Waals surface area (Å²) in [4.78, 5) is 14.1. The first-order valence-corrected chi connectivity index (χ1v) is 7.23. The van der Waals surface area contributed by atoms with Crippen molar-refractivity contribution in [3.8, 4) is 0 Å². The molecular formula is C15H19N3O5. The van der Waals surface area contributed by atoms with Crippen LogP contribution >= 0.6 is 0 Å². The summed E-state index contributed by atoms with van der Waals surface area (Å²) in [6.45, 7) is 3.10. The Balaban J connectivity index is 2.20. The summed E-state index contributed by atoms with van der Waals surface area (Å²) >= 11 is 0. The van der Waals surface area contributed by atoms with E-state index >= 15 is 0 Å². The van der Waals surface area contributed by atoms with E-state index in [1.165, 1.54) is 6.92 Å². The van der Waals surface area contributed by atoms with Crippen LogP contribution in [0.4, 0.5) is 0 Å². The van der Waals surface area contributed by atoms with Gasteiger partial charge >= 0.3 is 5.97 Å². The minimum absolute atomic E-state index is 0.222. The maximum absolute atomic E-state index is 11.3. The van der Waals surface area contributed by atoms with Crippen LogP contribution in [-0.4, -0.2) is 41.7 Å². The highest BCUT2D eigenvalue weighted by Gasteiger charge is 2.46. The maximum atomic E-state index is 11.3. The fraction of sp³-hybridized carbons (Fsp3) is 0.533. The Hall–Kier alpha value is -2.12. The molecule has 0 aromatic heterocycles. The van der Waals surface area contributed by atoms with E-state index in [0.29, 0.717) is 0 Å². The second-order valence-corrected chi connectivity index (χ2v) is 5.26. The molecule has 0 bridgehead atoms. The lowest BCUT2D eigenvalue weighted by Gasteiger charge is -2.41. The van der Waals surface area contributed by atoms with Crippen LogP contribution in [0.15, 0.2) is 35.4 Å². The van der Waals surface area contributed by atoms with Gasteiger partial charge in [-0.15, -0.1) is 0 Å². The first-order valence-electron chi connectivity index (χ1n) is 7.23. The molecule has 1 aliphatic heterocycles. The zero-order chi connectivity index (χ0) is 16.8. The molecule has 0 unspecified atom stereocenters. The molecule has 0 saturated carbocycles. The van der Waals surface area contributed by atoms with Crippen molar-refractivity contribution in [1.29, 1.82) is 0 Å². The molecule has 0 aliphatic carbocycles. The van der Waals surface area contributed by atoms with Crippen molar-refractivity contribution in [2.24, 2.45) is 5.11 Å². The van der Waals surface area contributed by atoms with Crippen LogP contribution < -0.4 is 0 Å². The first kappa shape index (κ1) is 17.2. The number of aliphatic hydroxyl groups is 1. The number of rotatable bonds is 5. The number of esters is 1. The number of carbonyl (C=O) groups is 1. The summed E-state index contributed by atoms with van der Waals surface area (Å²) in [5, 5.41) is 13.7. The van der Waals surface area contributed by atoms with Crippen molar-refractivity contribution < 1.29 is 24.1 Å². The van der Waals surface area contributed by atoms with Crippen molar-refractivity contribution in [2.45, 2.75) is 51.1 Å². The first-order chi connectivity index (χ1) is 11.0. The number of azide groups is 1. The topological polar surface area (TPSA) is 114 Å². The fourth-order valence-corrected chi connectivity index (χ4v) is 2.50. The Kier molecular flexibility index (Phi) is 5.95. The molecule has 1 aliphatic rings. The molecule has 1 aromatic rings. The van der Waals surface area contributed by atoms with Gasteiger partial charge in [-0.1, -0.05) is 35.4 Å². The summed E-state index contributed by atoms with van der Waals surface area (Å²) in [7, 11) is 0. The molecular weight excluding hydrogens is 302 g/mol. The number of hydrogen-bond acceptors (Lipinski definition) is 6. The highest BCUT2D eigenvalue weighted by atomic mass is 16.7. The third-order valence-electron chi connectivity index (χ3n) is 3.55. The zero-order valence-corrected chi connectivity index (χ0v) is 12.9. The van der Waals surface area contributed by atoms with Crippen molar-refractivity contribution in [2.75, 3.05) is 0 Å². The molecule has 1 heterocycles. The second kappa shape index (κ2) is 7.94. The van der Waals surface area contributed by atoms with Gasteiger partial charge in [0.2, 0.25) is 0 Å². The number of carbonyl (C=O) groups excluding carboxylic acids is 1. The monoisotopic (exact) mass is 321 g/mol. The number of benzene rings is 1. The molecule has 1 fully saturated rings. The van der Waals surface area contributed by atoms with Gasteiger partial charge in [-0.3, -0.25) is 4.79 Å². The van der Waals surface area contributed by atoms with Crippen LogP contribution in [0.1, 0.15) is 19.4 Å². The second-order valence-electron chi connectivity index (χ2n) is 5.26. The van der Waals surface area contributed by atoms with Crippen molar-refractivity contribution in [3.63, 3.8) is 0 Å². The van der Waals surface area contributed by atoms with Gasteiger partial charge in [0, 0.05) is 11.8 Å². The number of ether oxygens (including phenoxy) is 3. The van der Waals surface area contributed by atoms with Crippen LogP contribution in [0.5, 0.6) is 0 Å². The Morgan fingerprint density at radius 1 is 1.39 bits per heavy atom. The predicted molar refractivity (Wildman–Crippen MR) is 80.1 cm³/mol. The minimum Gasteiger partial charge on any atom is -0.454 e. The quantitative estimate of drug-likeness (QED) is 0.385. The Morgan fingerprint density at radius 2 is 2.09 bits per heavy atom. The summed E-state index contributed by atoms with van der Waals surface area (Å²) in [6, 6.07) is 8.65. The van der Waals surface area contributed by atoms with Crippen LogP contribution in [0, 0.1) is 0 Å². The van der Waals surface area contributed by atoms with E-state index in [-0.39, 0.29) is 6.61 Å². The highest BCUT2D eigenvalue weighted by molar-refractivity contribution is 5.66. The molecule has 8 heteroatoms. The van der Waals surface area contributed by atoms with Crippen molar-refractivity contribution in [1.82, 2.24) is 0 Å². The molecule has 1 aromatic carbocycles. The average molecular weight is 321 g/mol. The third-order valence-corrected chi connectivity index (χ3v) is 3.55. The van der Waals surface area contributed by atoms with Gasteiger partial charge in [0.1, 0.15) is 6.10 Å². The molecule has 5 atom stereocenters. The van der Waals surface area contributed by atoms with Gasteiger partial charge in [0.05, 0.1) is 18.8 Å². The molecule has 124 valence electrons. The standard InChI is InChI=1S/C15H19N3O5/c1-9-12(17-18-16)13(14(15(20)22-9)23-10(2)19)21-8-11-6-4-3-5-7-11/h3-7,9,12-15,20H,8H2,1-2H3/t9-,12-,13+,14+,15+/m1/s1. The lowest BCUT2D eigenvalue weighted by Crippen LogP contribution is -2.58. The summed E-state index contributed by atoms with van der Waals surface area (Å²) < 4.78 is 16.2. The Morgan fingerprint density at radius 3 is 2.70 bits per heavy atom. The summed E-state index contributed by atoms with van der Waals surface area (Å²) in [5.41, 5.74) is 9.66. The molecule has 8 nitrogen and oxygen atoms in total. The molecule has 1 saturated heterocycles. The largest absolute Gasteiger partial charge is 0.454 e. The third kappa shape index (κ3) is 4.43. The van der Waals surface area contributed by atoms with Gasteiger partial charge in [0.25, 0.3) is 0 Å². The number of hydrogen-bond donors (Lipinski definition) is 1. The van der Waals surface area contributed by atoms with Crippen LogP contribution in [-0.2, 0) is 25.6 Å².